The number of carbonyl (C=O) groups is 2. The SMILES string of the molecule is Cc1ccc(NC(=O)C[C@@H]2SC(c3ccc(Br)cc3)=NC2=O)c([N+](=O)[O-])c1. The highest BCUT2D eigenvalue weighted by molar-refractivity contribution is 9.10. The van der Waals surface area contributed by atoms with Crippen molar-refractivity contribution < 1.29 is 14.5 Å². The summed E-state index contributed by atoms with van der Waals surface area (Å²) >= 11 is 4.57. The monoisotopic (exact) mass is 447 g/mol. The number of amides is 2. The van der Waals surface area contributed by atoms with Gasteiger partial charge in [0, 0.05) is 22.5 Å². The lowest BCUT2D eigenvalue weighted by molar-refractivity contribution is -0.384. The van der Waals surface area contributed by atoms with E-state index in [4.69, 9.17) is 0 Å². The van der Waals surface area contributed by atoms with Crippen molar-refractivity contribution >= 4 is 55.9 Å². The summed E-state index contributed by atoms with van der Waals surface area (Å²) in [7, 11) is 0. The molecule has 0 saturated carbocycles. The Labute approximate surface area is 167 Å². The molecule has 27 heavy (non-hydrogen) atoms. The fourth-order valence-corrected chi connectivity index (χ4v) is 3.84. The van der Waals surface area contributed by atoms with Gasteiger partial charge in [0.05, 0.1) is 4.92 Å². The van der Waals surface area contributed by atoms with Crippen molar-refractivity contribution in [3.05, 3.63) is 68.2 Å². The predicted molar refractivity (Wildman–Crippen MR) is 108 cm³/mol. The quantitative estimate of drug-likeness (QED) is 0.549. The number of aryl methyl sites for hydroxylation is 1. The molecule has 0 aromatic heterocycles. The number of nitrogens with one attached hydrogen (secondary N) is 1. The Balaban J connectivity index is 1.67. The van der Waals surface area contributed by atoms with Crippen molar-refractivity contribution in [2.24, 2.45) is 4.99 Å². The minimum atomic E-state index is -0.645. The summed E-state index contributed by atoms with van der Waals surface area (Å²) in [5.74, 6) is -0.855. The van der Waals surface area contributed by atoms with Crippen LogP contribution in [0.5, 0.6) is 0 Å². The van der Waals surface area contributed by atoms with Crippen LogP contribution in [-0.2, 0) is 9.59 Å². The van der Waals surface area contributed by atoms with Crippen LogP contribution in [-0.4, -0.2) is 27.0 Å². The number of thioether (sulfide) groups is 1. The normalized spacial score (nSPS) is 16.1. The lowest BCUT2D eigenvalue weighted by atomic mass is 10.2. The molecule has 0 saturated heterocycles. The van der Waals surface area contributed by atoms with E-state index in [0.29, 0.717) is 10.6 Å². The van der Waals surface area contributed by atoms with Gasteiger partial charge in [0.1, 0.15) is 16.0 Å². The minimum Gasteiger partial charge on any atom is -0.320 e. The summed E-state index contributed by atoms with van der Waals surface area (Å²) in [6.45, 7) is 1.73. The molecule has 0 spiro atoms. The summed E-state index contributed by atoms with van der Waals surface area (Å²) < 4.78 is 0.914. The van der Waals surface area contributed by atoms with E-state index in [1.165, 1.54) is 23.9 Å². The number of halogens is 1. The van der Waals surface area contributed by atoms with Gasteiger partial charge in [-0.15, -0.1) is 0 Å². The van der Waals surface area contributed by atoms with Crippen LogP contribution in [0.1, 0.15) is 17.5 Å². The highest BCUT2D eigenvalue weighted by atomic mass is 79.9. The van der Waals surface area contributed by atoms with E-state index in [1.807, 2.05) is 24.3 Å². The maximum absolute atomic E-state index is 12.3. The third-order valence-corrected chi connectivity index (χ3v) is 5.56. The van der Waals surface area contributed by atoms with Crippen LogP contribution in [0, 0.1) is 17.0 Å². The molecule has 1 heterocycles. The average molecular weight is 448 g/mol. The first-order chi connectivity index (χ1) is 12.8. The number of nitro benzene ring substituents is 1. The van der Waals surface area contributed by atoms with Gasteiger partial charge in [0.25, 0.3) is 11.6 Å². The minimum absolute atomic E-state index is 0.111. The van der Waals surface area contributed by atoms with E-state index < -0.39 is 16.1 Å². The zero-order chi connectivity index (χ0) is 19.6. The standard InChI is InChI=1S/C18H14BrN3O4S/c1-10-2-7-13(14(8-10)22(25)26)20-16(23)9-15-17(24)21-18(27-15)11-3-5-12(19)6-4-11/h2-8,15H,9H2,1H3,(H,20,23)/t15-/m0/s1. The van der Waals surface area contributed by atoms with Crippen molar-refractivity contribution in [3.8, 4) is 0 Å². The second-order valence-electron chi connectivity index (χ2n) is 5.90. The molecule has 2 aromatic rings. The van der Waals surface area contributed by atoms with Crippen molar-refractivity contribution in [1.29, 1.82) is 0 Å². The fourth-order valence-electron chi connectivity index (χ4n) is 2.51. The number of nitrogens with zero attached hydrogens (tertiary/aromatic N) is 2. The molecule has 1 atom stereocenters. The van der Waals surface area contributed by atoms with E-state index in [9.17, 15) is 19.7 Å². The second kappa shape index (κ2) is 8.01. The second-order valence-corrected chi connectivity index (χ2v) is 8.01. The van der Waals surface area contributed by atoms with Gasteiger partial charge in [-0.05, 0) is 30.7 Å². The molecule has 0 bridgehead atoms. The van der Waals surface area contributed by atoms with Crippen molar-refractivity contribution in [2.75, 3.05) is 5.32 Å². The van der Waals surface area contributed by atoms with Crippen molar-refractivity contribution in [3.63, 3.8) is 0 Å². The van der Waals surface area contributed by atoms with Gasteiger partial charge in [-0.3, -0.25) is 19.7 Å². The molecule has 1 aliphatic heterocycles. The highest BCUT2D eigenvalue weighted by Crippen LogP contribution is 2.31. The molecule has 9 heteroatoms. The van der Waals surface area contributed by atoms with E-state index in [2.05, 4.69) is 26.2 Å². The molecular weight excluding hydrogens is 434 g/mol. The van der Waals surface area contributed by atoms with Gasteiger partial charge in [-0.2, -0.15) is 0 Å². The number of anilines is 1. The molecule has 1 aliphatic rings. The summed E-state index contributed by atoms with van der Waals surface area (Å²) in [5.41, 5.74) is 1.45. The Bertz CT molecular complexity index is 960. The van der Waals surface area contributed by atoms with Crippen LogP contribution >= 0.6 is 27.7 Å². The zero-order valence-electron chi connectivity index (χ0n) is 14.1. The van der Waals surface area contributed by atoms with Gasteiger partial charge in [0.2, 0.25) is 5.91 Å². The first-order valence-corrected chi connectivity index (χ1v) is 9.61. The Morgan fingerprint density at radius 3 is 2.67 bits per heavy atom. The first-order valence-electron chi connectivity index (χ1n) is 7.93. The summed E-state index contributed by atoms with van der Waals surface area (Å²) in [6.07, 6.45) is -0.113. The van der Waals surface area contributed by atoms with Crippen molar-refractivity contribution in [2.45, 2.75) is 18.6 Å². The molecule has 7 nitrogen and oxygen atoms in total. The average Bonchev–Trinajstić information content (AvgIpc) is 2.97. The largest absolute Gasteiger partial charge is 0.320 e. The van der Waals surface area contributed by atoms with Crippen LogP contribution in [0.3, 0.4) is 0 Å². The Kier molecular flexibility index (Phi) is 5.71. The topological polar surface area (TPSA) is 102 Å². The number of aliphatic imine (C=N–C) groups is 1. The van der Waals surface area contributed by atoms with Crippen LogP contribution in [0.4, 0.5) is 11.4 Å². The van der Waals surface area contributed by atoms with Gasteiger partial charge < -0.3 is 5.32 Å². The summed E-state index contributed by atoms with van der Waals surface area (Å²) in [6, 6.07) is 11.9. The Morgan fingerprint density at radius 2 is 2.00 bits per heavy atom. The van der Waals surface area contributed by atoms with Crippen LogP contribution in [0.25, 0.3) is 0 Å². The molecule has 3 rings (SSSR count). The molecule has 0 fully saturated rings. The van der Waals surface area contributed by atoms with E-state index >= 15 is 0 Å². The van der Waals surface area contributed by atoms with E-state index in [-0.39, 0.29) is 23.7 Å². The summed E-state index contributed by atoms with van der Waals surface area (Å²) in [4.78, 5) is 39.1. The zero-order valence-corrected chi connectivity index (χ0v) is 16.5. The fraction of sp³-hybridized carbons (Fsp3) is 0.167. The molecule has 138 valence electrons. The number of hydrogen-bond acceptors (Lipinski definition) is 5. The van der Waals surface area contributed by atoms with E-state index in [1.54, 1.807) is 13.0 Å². The Hall–Kier alpha value is -2.52. The molecule has 1 N–H and O–H groups in total. The van der Waals surface area contributed by atoms with Crippen LogP contribution < -0.4 is 5.32 Å². The Morgan fingerprint density at radius 1 is 1.30 bits per heavy atom. The molecule has 2 aromatic carbocycles. The van der Waals surface area contributed by atoms with Gasteiger partial charge in [-0.25, -0.2) is 4.99 Å². The number of hydrogen-bond donors (Lipinski definition) is 1. The third-order valence-electron chi connectivity index (χ3n) is 3.83. The lowest BCUT2D eigenvalue weighted by Gasteiger charge is -2.09. The molecular formula is C18H14BrN3O4S. The van der Waals surface area contributed by atoms with Crippen molar-refractivity contribution in [1.82, 2.24) is 0 Å². The molecule has 0 radical (unpaired) electrons. The van der Waals surface area contributed by atoms with Crippen LogP contribution in [0.15, 0.2) is 51.9 Å². The number of nitro groups is 1. The third kappa shape index (κ3) is 4.61. The predicted octanol–water partition coefficient (Wildman–Crippen LogP) is 4.08. The van der Waals surface area contributed by atoms with Gasteiger partial charge >= 0.3 is 0 Å². The smallest absolute Gasteiger partial charge is 0.293 e. The number of benzene rings is 2. The molecule has 0 unspecified atom stereocenters. The van der Waals surface area contributed by atoms with Gasteiger partial charge in [-0.1, -0.05) is 45.9 Å². The molecule has 0 aliphatic carbocycles. The summed E-state index contributed by atoms with van der Waals surface area (Å²) in [5, 5.41) is 13.6. The maximum Gasteiger partial charge on any atom is 0.293 e. The maximum atomic E-state index is 12.3. The number of carbonyl (C=O) groups excluding carboxylic acids is 2. The van der Waals surface area contributed by atoms with Crippen LogP contribution in [0.2, 0.25) is 0 Å². The van der Waals surface area contributed by atoms with Gasteiger partial charge in [0.15, 0.2) is 0 Å². The number of rotatable bonds is 5. The molecule has 2 amide bonds. The van der Waals surface area contributed by atoms with E-state index in [0.717, 1.165) is 10.0 Å². The lowest BCUT2D eigenvalue weighted by Crippen LogP contribution is -2.21. The highest BCUT2D eigenvalue weighted by Gasteiger charge is 2.31. The first kappa shape index (κ1) is 19.2.